The average Bonchev–Trinajstić information content (AvgIpc) is 2.48. The van der Waals surface area contributed by atoms with Crippen molar-refractivity contribution in [2.24, 2.45) is 5.92 Å². The number of unbranched alkanes of at least 4 members (excludes halogenated alkanes) is 1. The SMILES string of the molecule is CCCCC(CC)COC(=O)CC(=O)c1cncnc1. The Hall–Kier alpha value is -1.78. The molecule has 5 heteroatoms. The van der Waals surface area contributed by atoms with Crippen molar-refractivity contribution in [1.29, 1.82) is 0 Å². The molecule has 1 aromatic heterocycles. The van der Waals surface area contributed by atoms with Crippen LogP contribution in [0.5, 0.6) is 0 Å². The molecule has 0 radical (unpaired) electrons. The molecule has 1 atom stereocenters. The van der Waals surface area contributed by atoms with Crippen LogP contribution < -0.4 is 0 Å². The van der Waals surface area contributed by atoms with E-state index in [-0.39, 0.29) is 12.2 Å². The van der Waals surface area contributed by atoms with Crippen molar-refractivity contribution in [2.45, 2.75) is 46.0 Å². The lowest BCUT2D eigenvalue weighted by molar-refractivity contribution is -0.144. The number of hydrogen-bond acceptors (Lipinski definition) is 5. The number of carbonyl (C=O) groups is 2. The van der Waals surface area contributed by atoms with Crippen molar-refractivity contribution < 1.29 is 14.3 Å². The predicted octanol–water partition coefficient (Wildman–Crippen LogP) is 2.81. The number of carbonyl (C=O) groups excluding carboxylic acids is 2. The quantitative estimate of drug-likeness (QED) is 0.394. The highest BCUT2D eigenvalue weighted by molar-refractivity contribution is 6.05. The summed E-state index contributed by atoms with van der Waals surface area (Å²) in [4.78, 5) is 30.9. The van der Waals surface area contributed by atoms with Gasteiger partial charge < -0.3 is 4.74 Å². The van der Waals surface area contributed by atoms with Crippen LogP contribution in [0, 0.1) is 5.92 Å². The Balaban J connectivity index is 2.34. The fraction of sp³-hybridized carbons (Fsp3) is 0.600. The molecule has 1 unspecified atom stereocenters. The Bertz CT molecular complexity index is 420. The van der Waals surface area contributed by atoms with Crippen molar-refractivity contribution >= 4 is 11.8 Å². The van der Waals surface area contributed by atoms with Gasteiger partial charge in [0.1, 0.15) is 12.7 Å². The summed E-state index contributed by atoms with van der Waals surface area (Å²) in [6, 6.07) is 0. The molecule has 0 saturated carbocycles. The number of aromatic nitrogens is 2. The summed E-state index contributed by atoms with van der Waals surface area (Å²) in [5.74, 6) is -0.403. The first-order valence-electron chi connectivity index (χ1n) is 7.11. The molecule has 0 aliphatic heterocycles. The second-order valence-corrected chi connectivity index (χ2v) is 4.83. The third kappa shape index (κ3) is 5.91. The zero-order valence-electron chi connectivity index (χ0n) is 12.2. The van der Waals surface area contributed by atoms with Gasteiger partial charge in [0.05, 0.1) is 12.2 Å². The summed E-state index contributed by atoms with van der Waals surface area (Å²) >= 11 is 0. The van der Waals surface area contributed by atoms with E-state index in [0.717, 1.165) is 25.7 Å². The summed E-state index contributed by atoms with van der Waals surface area (Å²) in [6.45, 7) is 4.62. The maximum atomic E-state index is 11.8. The molecule has 0 saturated heterocycles. The van der Waals surface area contributed by atoms with Gasteiger partial charge in [-0.1, -0.05) is 33.1 Å². The van der Waals surface area contributed by atoms with Gasteiger partial charge in [-0.2, -0.15) is 0 Å². The first-order valence-corrected chi connectivity index (χ1v) is 7.11. The van der Waals surface area contributed by atoms with Crippen molar-refractivity contribution in [1.82, 2.24) is 9.97 Å². The molecule has 5 nitrogen and oxygen atoms in total. The summed E-state index contributed by atoms with van der Waals surface area (Å²) < 4.78 is 5.18. The number of esters is 1. The zero-order valence-corrected chi connectivity index (χ0v) is 12.2. The van der Waals surface area contributed by atoms with Gasteiger partial charge >= 0.3 is 5.97 Å². The van der Waals surface area contributed by atoms with Crippen LogP contribution in [0.2, 0.25) is 0 Å². The van der Waals surface area contributed by atoms with E-state index in [2.05, 4.69) is 23.8 Å². The molecule has 110 valence electrons. The first-order chi connectivity index (χ1) is 9.67. The normalized spacial score (nSPS) is 11.9. The van der Waals surface area contributed by atoms with Gasteiger partial charge in [-0.05, 0) is 12.3 Å². The highest BCUT2D eigenvalue weighted by Crippen LogP contribution is 2.13. The monoisotopic (exact) mass is 278 g/mol. The standard InChI is InChI=1S/C15H22N2O3/c1-3-5-6-12(4-2)10-20-15(19)7-14(18)13-8-16-11-17-9-13/h8-9,11-12H,3-7,10H2,1-2H3. The van der Waals surface area contributed by atoms with Gasteiger partial charge in [-0.15, -0.1) is 0 Å². The predicted molar refractivity (Wildman–Crippen MR) is 75.2 cm³/mol. The molecule has 0 N–H and O–H groups in total. The van der Waals surface area contributed by atoms with Crippen molar-refractivity contribution in [3.63, 3.8) is 0 Å². The lowest BCUT2D eigenvalue weighted by Gasteiger charge is -2.14. The zero-order chi connectivity index (χ0) is 14.8. The minimum atomic E-state index is -0.478. The molecule has 1 aromatic rings. The van der Waals surface area contributed by atoms with E-state index in [1.165, 1.54) is 18.7 Å². The minimum absolute atomic E-state index is 0.252. The van der Waals surface area contributed by atoms with Crippen LogP contribution in [0.3, 0.4) is 0 Å². The largest absolute Gasteiger partial charge is 0.465 e. The minimum Gasteiger partial charge on any atom is -0.465 e. The van der Waals surface area contributed by atoms with Crippen LogP contribution in [-0.2, 0) is 9.53 Å². The molecule has 0 aliphatic rings. The van der Waals surface area contributed by atoms with E-state index in [1.807, 2.05) is 0 Å². The van der Waals surface area contributed by atoms with Gasteiger partial charge in [-0.25, -0.2) is 9.97 Å². The molecular formula is C15H22N2O3. The van der Waals surface area contributed by atoms with Gasteiger partial charge in [0.2, 0.25) is 0 Å². The Morgan fingerprint density at radius 3 is 2.55 bits per heavy atom. The molecule has 0 spiro atoms. The summed E-state index contributed by atoms with van der Waals surface area (Å²) in [7, 11) is 0. The smallest absolute Gasteiger partial charge is 0.313 e. The van der Waals surface area contributed by atoms with E-state index in [1.54, 1.807) is 0 Å². The van der Waals surface area contributed by atoms with Gasteiger partial charge in [-0.3, -0.25) is 9.59 Å². The van der Waals surface area contributed by atoms with Crippen LogP contribution in [0.1, 0.15) is 56.3 Å². The maximum Gasteiger partial charge on any atom is 0.313 e. The topological polar surface area (TPSA) is 69.2 Å². The Morgan fingerprint density at radius 2 is 1.95 bits per heavy atom. The molecular weight excluding hydrogens is 256 g/mol. The molecule has 1 rings (SSSR count). The number of ether oxygens (including phenoxy) is 1. The van der Waals surface area contributed by atoms with Crippen LogP contribution >= 0.6 is 0 Å². The molecule has 0 bridgehead atoms. The fourth-order valence-corrected chi connectivity index (χ4v) is 1.84. The lowest BCUT2D eigenvalue weighted by atomic mass is 10.0. The van der Waals surface area contributed by atoms with E-state index in [0.29, 0.717) is 18.1 Å². The van der Waals surface area contributed by atoms with Crippen molar-refractivity contribution in [3.05, 3.63) is 24.3 Å². The summed E-state index contributed by atoms with van der Waals surface area (Å²) in [6.07, 6.45) is 8.20. The van der Waals surface area contributed by atoms with E-state index in [9.17, 15) is 9.59 Å². The molecule has 1 heterocycles. The number of Topliss-reactive ketones (excluding diaryl/α,β-unsaturated/α-hetero) is 1. The first kappa shape index (κ1) is 16.3. The summed E-state index contributed by atoms with van der Waals surface area (Å²) in [5, 5.41) is 0. The molecule has 0 amide bonds. The Kier molecular flexibility index (Phi) is 7.47. The fourth-order valence-electron chi connectivity index (χ4n) is 1.84. The number of ketones is 1. The van der Waals surface area contributed by atoms with Gasteiger partial charge in [0, 0.05) is 12.4 Å². The molecule has 0 aromatic carbocycles. The third-order valence-corrected chi connectivity index (χ3v) is 3.21. The number of hydrogen-bond donors (Lipinski definition) is 0. The second kappa shape index (κ2) is 9.18. The van der Waals surface area contributed by atoms with Crippen LogP contribution in [-0.4, -0.2) is 28.3 Å². The van der Waals surface area contributed by atoms with E-state index >= 15 is 0 Å². The van der Waals surface area contributed by atoms with Crippen molar-refractivity contribution in [2.75, 3.05) is 6.61 Å². The highest BCUT2D eigenvalue weighted by Gasteiger charge is 2.15. The van der Waals surface area contributed by atoms with Gasteiger partial charge in [0.15, 0.2) is 5.78 Å². The molecule has 0 aliphatic carbocycles. The second-order valence-electron chi connectivity index (χ2n) is 4.83. The third-order valence-electron chi connectivity index (χ3n) is 3.21. The van der Waals surface area contributed by atoms with Gasteiger partial charge in [0.25, 0.3) is 0 Å². The Labute approximate surface area is 119 Å². The van der Waals surface area contributed by atoms with E-state index in [4.69, 9.17) is 4.74 Å². The highest BCUT2D eigenvalue weighted by atomic mass is 16.5. The molecule has 0 fully saturated rings. The lowest BCUT2D eigenvalue weighted by Crippen LogP contribution is -2.17. The van der Waals surface area contributed by atoms with E-state index < -0.39 is 5.97 Å². The van der Waals surface area contributed by atoms with Crippen LogP contribution in [0.4, 0.5) is 0 Å². The van der Waals surface area contributed by atoms with Crippen molar-refractivity contribution in [3.8, 4) is 0 Å². The maximum absolute atomic E-state index is 11.8. The molecule has 20 heavy (non-hydrogen) atoms. The summed E-state index contributed by atoms with van der Waals surface area (Å²) in [5.41, 5.74) is 0.336. The number of nitrogens with zero attached hydrogens (tertiary/aromatic N) is 2. The van der Waals surface area contributed by atoms with Crippen LogP contribution in [0.25, 0.3) is 0 Å². The van der Waals surface area contributed by atoms with Crippen LogP contribution in [0.15, 0.2) is 18.7 Å². The Morgan fingerprint density at radius 1 is 1.25 bits per heavy atom. The average molecular weight is 278 g/mol. The number of rotatable bonds is 9.